The average molecular weight is 236 g/mol. The highest BCUT2D eigenvalue weighted by atomic mass is 16.6. The Labute approximate surface area is 102 Å². The Balaban J connectivity index is 2.65. The van der Waals surface area contributed by atoms with E-state index >= 15 is 0 Å². The molecule has 0 amide bonds. The van der Waals surface area contributed by atoms with Crippen LogP contribution in [0.15, 0.2) is 29.3 Å². The van der Waals surface area contributed by atoms with Gasteiger partial charge in [-0.3, -0.25) is 15.1 Å². The summed E-state index contributed by atoms with van der Waals surface area (Å²) in [5.41, 5.74) is 0.467. The van der Waals surface area contributed by atoms with Crippen LogP contribution < -0.4 is 0 Å². The molecule has 5 nitrogen and oxygen atoms in total. The first kappa shape index (κ1) is 11.7. The number of nitrogens with zero attached hydrogens (tertiary/aromatic N) is 3. The minimum absolute atomic E-state index is 0.0132. The molecular formula is C12H17N3O2. The van der Waals surface area contributed by atoms with E-state index in [0.717, 1.165) is 13.0 Å². The van der Waals surface area contributed by atoms with Crippen molar-refractivity contribution < 1.29 is 6.29 Å². The van der Waals surface area contributed by atoms with E-state index in [1.54, 1.807) is 12.1 Å². The summed E-state index contributed by atoms with van der Waals surface area (Å²) in [5.74, 6) is 0. The largest absolute Gasteiger partial charge is 0.309 e. The Kier molecular flexibility index (Phi) is 4.66. The predicted octanol–water partition coefficient (Wildman–Crippen LogP) is 1.97. The Bertz CT molecular complexity index is 447. The molecule has 1 aromatic rings. The molecule has 0 aromatic heterocycles. The molecule has 0 aliphatic rings. The lowest BCUT2D eigenvalue weighted by Crippen LogP contribution is -2.13. The molecule has 0 N–H and O–H groups in total. The average Bonchev–Trinajstić information content (AvgIpc) is 2.34. The van der Waals surface area contributed by atoms with Crippen molar-refractivity contribution in [3.8, 4) is 0 Å². The van der Waals surface area contributed by atoms with Crippen molar-refractivity contribution in [1.82, 2.24) is 4.90 Å². The minimum atomic E-state index is -0.469. The van der Waals surface area contributed by atoms with Crippen molar-refractivity contribution in [3.63, 3.8) is 0 Å². The molecule has 0 saturated heterocycles. The fraction of sp³-hybridized carbons (Fsp3) is 0.417. The summed E-state index contributed by atoms with van der Waals surface area (Å²) in [6.07, 6.45) is 0.960. The maximum Gasteiger partial charge on any atom is 0.270 e. The van der Waals surface area contributed by atoms with Gasteiger partial charge in [-0.25, -0.2) is 0 Å². The van der Waals surface area contributed by atoms with Crippen molar-refractivity contribution in [1.29, 1.82) is 0 Å². The third-order valence-corrected chi connectivity index (χ3v) is 2.14. The second-order valence-corrected chi connectivity index (χ2v) is 3.96. The lowest BCUT2D eigenvalue weighted by Gasteiger charge is -2.06. The van der Waals surface area contributed by atoms with Gasteiger partial charge in [-0.1, -0.05) is 12.1 Å². The fourth-order valence-electron chi connectivity index (χ4n) is 1.30. The standard InChI is InChI=1S/C12H17N3O2/c1-14(2)8-4-7-13-10-11-5-3-6-12(9-11)15(16)17/h3,5-6,9-10H,4,7-8H2,1-2H3/i10D. The maximum atomic E-state index is 10.6. The maximum absolute atomic E-state index is 10.6. The Morgan fingerprint density at radius 1 is 1.59 bits per heavy atom. The van der Waals surface area contributed by atoms with E-state index in [1.165, 1.54) is 12.1 Å². The van der Waals surface area contributed by atoms with Crippen molar-refractivity contribution in [3.05, 3.63) is 39.9 Å². The van der Waals surface area contributed by atoms with Gasteiger partial charge in [0, 0.05) is 24.9 Å². The van der Waals surface area contributed by atoms with Gasteiger partial charge in [-0.05, 0) is 32.6 Å². The van der Waals surface area contributed by atoms with Gasteiger partial charge >= 0.3 is 0 Å². The summed E-state index contributed by atoms with van der Waals surface area (Å²) in [6.45, 7) is 1.46. The van der Waals surface area contributed by atoms with Crippen LogP contribution in [0.5, 0.6) is 0 Å². The SMILES string of the molecule is [2H]C(=NCCCN(C)C)c1cccc([N+](=O)[O-])c1. The van der Waals surface area contributed by atoms with E-state index in [0.29, 0.717) is 12.1 Å². The molecule has 92 valence electrons. The normalized spacial score (nSPS) is 12.6. The first-order valence-electron chi connectivity index (χ1n) is 5.91. The number of nitro groups is 1. The number of nitro benzene ring substituents is 1. The second-order valence-electron chi connectivity index (χ2n) is 3.96. The van der Waals surface area contributed by atoms with Crippen LogP contribution in [-0.4, -0.2) is 43.2 Å². The summed E-state index contributed by atoms with van der Waals surface area (Å²) in [4.78, 5) is 16.3. The summed E-state index contributed by atoms with van der Waals surface area (Å²) in [6, 6.07) is 6.00. The third kappa shape index (κ3) is 5.21. The Morgan fingerprint density at radius 3 is 3.00 bits per heavy atom. The van der Waals surface area contributed by atoms with Gasteiger partial charge in [0.1, 0.15) is 0 Å². The minimum Gasteiger partial charge on any atom is -0.309 e. The third-order valence-electron chi connectivity index (χ3n) is 2.14. The summed E-state index contributed by atoms with van der Waals surface area (Å²) >= 11 is 0. The van der Waals surface area contributed by atoms with Gasteiger partial charge in [-0.2, -0.15) is 0 Å². The van der Waals surface area contributed by atoms with Gasteiger partial charge in [0.15, 0.2) is 0 Å². The van der Waals surface area contributed by atoms with Crippen LogP contribution in [0.4, 0.5) is 5.69 Å². The zero-order chi connectivity index (χ0) is 13.5. The van der Waals surface area contributed by atoms with E-state index < -0.39 is 4.92 Å². The highest BCUT2D eigenvalue weighted by Gasteiger charge is 2.03. The first-order valence-corrected chi connectivity index (χ1v) is 5.41. The van der Waals surface area contributed by atoms with Gasteiger partial charge in [0.05, 0.1) is 6.29 Å². The zero-order valence-corrected chi connectivity index (χ0v) is 10.1. The van der Waals surface area contributed by atoms with E-state index in [4.69, 9.17) is 1.37 Å². The molecule has 0 bridgehead atoms. The molecule has 5 heteroatoms. The first-order chi connectivity index (χ1) is 8.50. The van der Waals surface area contributed by atoms with Crippen molar-refractivity contribution >= 4 is 11.9 Å². The van der Waals surface area contributed by atoms with E-state index in [2.05, 4.69) is 4.99 Å². The molecule has 0 atom stereocenters. The van der Waals surface area contributed by atoms with Crippen LogP contribution >= 0.6 is 0 Å². The van der Waals surface area contributed by atoms with E-state index in [1.807, 2.05) is 19.0 Å². The van der Waals surface area contributed by atoms with Gasteiger partial charge in [0.25, 0.3) is 5.69 Å². The zero-order valence-electron chi connectivity index (χ0n) is 11.1. The molecule has 0 radical (unpaired) electrons. The van der Waals surface area contributed by atoms with Crippen LogP contribution in [0.2, 0.25) is 0 Å². The van der Waals surface area contributed by atoms with Crippen molar-refractivity contribution in [2.24, 2.45) is 4.99 Å². The molecule has 0 saturated carbocycles. The molecular weight excluding hydrogens is 218 g/mol. The highest BCUT2D eigenvalue weighted by Crippen LogP contribution is 2.11. The van der Waals surface area contributed by atoms with Crippen LogP contribution in [0.25, 0.3) is 0 Å². The van der Waals surface area contributed by atoms with E-state index in [-0.39, 0.29) is 11.9 Å². The summed E-state index contributed by atoms with van der Waals surface area (Å²) in [7, 11) is 3.96. The second kappa shape index (κ2) is 6.75. The van der Waals surface area contributed by atoms with Gasteiger partial charge in [0.2, 0.25) is 0 Å². The molecule has 1 aromatic carbocycles. The Morgan fingerprint density at radius 2 is 2.35 bits per heavy atom. The molecule has 0 aliphatic carbocycles. The predicted molar refractivity (Wildman–Crippen MR) is 68.7 cm³/mol. The number of non-ortho nitro benzene ring substituents is 1. The quantitative estimate of drug-likeness (QED) is 0.328. The highest BCUT2D eigenvalue weighted by molar-refractivity contribution is 5.80. The van der Waals surface area contributed by atoms with Gasteiger partial charge in [-0.15, -0.1) is 0 Å². The smallest absolute Gasteiger partial charge is 0.270 e. The lowest BCUT2D eigenvalue weighted by molar-refractivity contribution is -0.384. The van der Waals surface area contributed by atoms with Gasteiger partial charge < -0.3 is 4.90 Å². The number of benzene rings is 1. The molecule has 1 rings (SSSR count). The number of hydrogen-bond acceptors (Lipinski definition) is 4. The topological polar surface area (TPSA) is 58.7 Å². The Hall–Kier alpha value is -1.75. The molecule has 17 heavy (non-hydrogen) atoms. The molecule has 0 aliphatic heterocycles. The lowest BCUT2D eigenvalue weighted by atomic mass is 10.2. The fourth-order valence-corrected chi connectivity index (χ4v) is 1.30. The van der Waals surface area contributed by atoms with Crippen LogP contribution in [0.1, 0.15) is 13.4 Å². The van der Waals surface area contributed by atoms with Crippen LogP contribution in [0.3, 0.4) is 0 Å². The van der Waals surface area contributed by atoms with E-state index in [9.17, 15) is 10.1 Å². The summed E-state index contributed by atoms with van der Waals surface area (Å²) in [5, 5.41) is 10.6. The molecule has 0 fully saturated rings. The molecule has 0 unspecified atom stereocenters. The molecule has 0 heterocycles. The number of aliphatic imine (C=N–C) groups is 1. The van der Waals surface area contributed by atoms with Crippen LogP contribution in [0, 0.1) is 10.1 Å². The molecule has 0 spiro atoms. The van der Waals surface area contributed by atoms with Crippen molar-refractivity contribution in [2.75, 3.05) is 27.2 Å². The van der Waals surface area contributed by atoms with Crippen molar-refractivity contribution in [2.45, 2.75) is 6.42 Å². The number of rotatable bonds is 6. The number of hydrogen-bond donors (Lipinski definition) is 0. The monoisotopic (exact) mass is 236 g/mol. The van der Waals surface area contributed by atoms with Crippen LogP contribution in [-0.2, 0) is 0 Å². The summed E-state index contributed by atoms with van der Waals surface area (Å²) < 4.78 is 7.75.